The lowest BCUT2D eigenvalue weighted by molar-refractivity contribution is 0.141. The van der Waals surface area contributed by atoms with E-state index in [9.17, 15) is 0 Å². The zero-order chi connectivity index (χ0) is 17.3. The highest BCUT2D eigenvalue weighted by atomic mass is 16.5. The average Bonchev–Trinajstić information content (AvgIpc) is 3.22. The van der Waals surface area contributed by atoms with Crippen molar-refractivity contribution in [2.24, 2.45) is 15.8 Å². The molecule has 0 bridgehead atoms. The first-order valence-corrected chi connectivity index (χ1v) is 9.68. The maximum atomic E-state index is 5.33. The van der Waals surface area contributed by atoms with Crippen LogP contribution in [0.15, 0.2) is 4.99 Å². The van der Waals surface area contributed by atoms with Crippen LogP contribution in [0.2, 0.25) is 0 Å². The van der Waals surface area contributed by atoms with Crippen LogP contribution in [0.1, 0.15) is 58.3 Å². The zero-order valence-corrected chi connectivity index (χ0v) is 16.0. The number of rotatable bonds is 11. The fraction of sp³-hybridized carbons (Fsp3) is 0.947. The Labute approximate surface area is 148 Å². The van der Waals surface area contributed by atoms with Gasteiger partial charge < -0.3 is 20.1 Å². The Bertz CT molecular complexity index is 388. The molecule has 0 unspecified atom stereocenters. The summed E-state index contributed by atoms with van der Waals surface area (Å²) in [5.41, 5.74) is 0.791. The molecule has 0 spiro atoms. The number of aliphatic imine (C=N–C) groups is 1. The van der Waals surface area contributed by atoms with Crippen molar-refractivity contribution < 1.29 is 9.47 Å². The highest BCUT2D eigenvalue weighted by Crippen LogP contribution is 2.48. The minimum absolute atomic E-state index is 0.353. The SMILES string of the molecule is CCNC(=NCC1(CCOC)CCCC1)NCC1(CCOC)CC1. The van der Waals surface area contributed by atoms with Crippen molar-refractivity contribution in [3.8, 4) is 0 Å². The summed E-state index contributed by atoms with van der Waals surface area (Å²) in [6.07, 6.45) is 10.1. The topological polar surface area (TPSA) is 54.9 Å². The summed E-state index contributed by atoms with van der Waals surface area (Å²) in [5, 5.41) is 6.99. The summed E-state index contributed by atoms with van der Waals surface area (Å²) in [5.74, 6) is 0.977. The minimum atomic E-state index is 0.353. The van der Waals surface area contributed by atoms with Crippen LogP contribution in [0.25, 0.3) is 0 Å². The molecule has 5 heteroatoms. The van der Waals surface area contributed by atoms with Gasteiger partial charge in [0.05, 0.1) is 0 Å². The van der Waals surface area contributed by atoms with Crippen molar-refractivity contribution in [2.45, 2.75) is 58.3 Å². The Balaban J connectivity index is 1.87. The van der Waals surface area contributed by atoms with E-state index in [1.54, 1.807) is 14.2 Å². The maximum absolute atomic E-state index is 5.33. The van der Waals surface area contributed by atoms with Crippen LogP contribution in [-0.2, 0) is 9.47 Å². The second-order valence-electron chi connectivity index (χ2n) is 7.74. The predicted molar refractivity (Wildman–Crippen MR) is 99.5 cm³/mol. The van der Waals surface area contributed by atoms with Gasteiger partial charge in [0.2, 0.25) is 0 Å². The summed E-state index contributed by atoms with van der Waals surface area (Å²) in [4.78, 5) is 4.94. The normalized spacial score (nSPS) is 21.7. The molecular formula is C19H37N3O2. The molecule has 5 nitrogen and oxygen atoms in total. The molecule has 0 atom stereocenters. The third-order valence-corrected chi connectivity index (χ3v) is 5.84. The van der Waals surface area contributed by atoms with Gasteiger partial charge in [0.1, 0.15) is 0 Å². The van der Waals surface area contributed by atoms with Gasteiger partial charge in [-0.3, -0.25) is 4.99 Å². The number of nitrogens with zero attached hydrogens (tertiary/aromatic N) is 1. The standard InChI is InChI=1S/C19H37N3O2/c1-4-20-17(22-16-19(9-10-19)12-14-24-3)21-15-18(11-13-23-2)7-5-6-8-18/h4-16H2,1-3H3,(H2,20,21,22). The summed E-state index contributed by atoms with van der Waals surface area (Å²) in [6.45, 7) is 6.66. The second kappa shape index (κ2) is 9.62. The Hall–Kier alpha value is -0.810. The number of methoxy groups -OCH3 is 2. The van der Waals surface area contributed by atoms with Gasteiger partial charge >= 0.3 is 0 Å². The molecule has 2 aliphatic rings. The van der Waals surface area contributed by atoms with Crippen molar-refractivity contribution >= 4 is 5.96 Å². The van der Waals surface area contributed by atoms with Crippen molar-refractivity contribution in [1.82, 2.24) is 10.6 Å². The van der Waals surface area contributed by atoms with Crippen molar-refractivity contribution in [3.63, 3.8) is 0 Å². The summed E-state index contributed by atoms with van der Waals surface area (Å²) >= 11 is 0. The van der Waals surface area contributed by atoms with E-state index in [0.29, 0.717) is 10.8 Å². The fourth-order valence-corrected chi connectivity index (χ4v) is 3.80. The molecule has 2 saturated carbocycles. The van der Waals surface area contributed by atoms with Gasteiger partial charge in [-0.05, 0) is 56.3 Å². The molecule has 0 aliphatic heterocycles. The molecule has 0 aromatic carbocycles. The number of hydrogen-bond donors (Lipinski definition) is 2. The summed E-state index contributed by atoms with van der Waals surface area (Å²) in [7, 11) is 3.59. The molecule has 0 aromatic heterocycles. The van der Waals surface area contributed by atoms with Gasteiger partial charge in [0.25, 0.3) is 0 Å². The average molecular weight is 340 g/mol. The Morgan fingerprint density at radius 1 is 0.917 bits per heavy atom. The van der Waals surface area contributed by atoms with Crippen LogP contribution in [-0.4, -0.2) is 53.0 Å². The van der Waals surface area contributed by atoms with Gasteiger partial charge in [0, 0.05) is 47.1 Å². The van der Waals surface area contributed by atoms with Crippen LogP contribution in [0, 0.1) is 10.8 Å². The molecule has 2 aliphatic carbocycles. The highest BCUT2D eigenvalue weighted by Gasteiger charge is 2.42. The summed E-state index contributed by atoms with van der Waals surface area (Å²) < 4.78 is 10.6. The molecule has 0 saturated heterocycles. The van der Waals surface area contributed by atoms with E-state index in [-0.39, 0.29) is 0 Å². The largest absolute Gasteiger partial charge is 0.385 e. The monoisotopic (exact) mass is 339 g/mol. The molecule has 0 amide bonds. The quantitative estimate of drug-likeness (QED) is 0.449. The van der Waals surface area contributed by atoms with Gasteiger partial charge in [-0.2, -0.15) is 0 Å². The van der Waals surface area contributed by atoms with Gasteiger partial charge in [-0.25, -0.2) is 0 Å². The molecule has 2 fully saturated rings. The number of nitrogens with one attached hydrogen (secondary N) is 2. The van der Waals surface area contributed by atoms with E-state index in [4.69, 9.17) is 14.5 Å². The van der Waals surface area contributed by atoms with Crippen LogP contribution in [0.4, 0.5) is 0 Å². The van der Waals surface area contributed by atoms with Gasteiger partial charge in [-0.15, -0.1) is 0 Å². The second-order valence-corrected chi connectivity index (χ2v) is 7.74. The molecule has 2 rings (SSSR count). The molecular weight excluding hydrogens is 302 g/mol. The first-order chi connectivity index (χ1) is 11.7. The van der Waals surface area contributed by atoms with Crippen LogP contribution in [0.5, 0.6) is 0 Å². The van der Waals surface area contributed by atoms with Gasteiger partial charge in [-0.1, -0.05) is 12.8 Å². The van der Waals surface area contributed by atoms with Crippen molar-refractivity contribution in [3.05, 3.63) is 0 Å². The smallest absolute Gasteiger partial charge is 0.191 e. The van der Waals surface area contributed by atoms with Gasteiger partial charge in [0.15, 0.2) is 5.96 Å². The fourth-order valence-electron chi connectivity index (χ4n) is 3.80. The Kier molecular flexibility index (Phi) is 7.82. The first kappa shape index (κ1) is 19.5. The van der Waals surface area contributed by atoms with E-state index in [0.717, 1.165) is 51.6 Å². The Morgan fingerprint density at radius 2 is 1.54 bits per heavy atom. The van der Waals surface area contributed by atoms with E-state index < -0.39 is 0 Å². The number of guanidine groups is 1. The third kappa shape index (κ3) is 5.92. The lowest BCUT2D eigenvalue weighted by atomic mass is 9.83. The van der Waals surface area contributed by atoms with Crippen molar-refractivity contribution in [2.75, 3.05) is 47.1 Å². The molecule has 0 radical (unpaired) electrons. The predicted octanol–water partition coefficient (Wildman–Crippen LogP) is 2.96. The number of hydrogen-bond acceptors (Lipinski definition) is 3. The number of ether oxygens (including phenoxy) is 2. The van der Waals surface area contributed by atoms with Crippen LogP contribution < -0.4 is 10.6 Å². The first-order valence-electron chi connectivity index (χ1n) is 9.68. The van der Waals surface area contributed by atoms with E-state index in [1.807, 2.05) is 0 Å². The van der Waals surface area contributed by atoms with E-state index in [2.05, 4.69) is 17.6 Å². The molecule has 2 N–H and O–H groups in total. The molecule has 24 heavy (non-hydrogen) atoms. The Morgan fingerprint density at radius 3 is 2.08 bits per heavy atom. The maximum Gasteiger partial charge on any atom is 0.191 e. The summed E-state index contributed by atoms with van der Waals surface area (Å²) in [6, 6.07) is 0. The third-order valence-electron chi connectivity index (χ3n) is 5.84. The van der Waals surface area contributed by atoms with Crippen molar-refractivity contribution in [1.29, 1.82) is 0 Å². The molecule has 0 aromatic rings. The lowest BCUT2D eigenvalue weighted by Gasteiger charge is -2.27. The molecule has 0 heterocycles. The van der Waals surface area contributed by atoms with E-state index in [1.165, 1.54) is 38.5 Å². The molecule has 140 valence electrons. The van der Waals surface area contributed by atoms with E-state index >= 15 is 0 Å². The highest BCUT2D eigenvalue weighted by molar-refractivity contribution is 5.79. The minimum Gasteiger partial charge on any atom is -0.385 e. The van der Waals surface area contributed by atoms with Crippen LogP contribution >= 0.6 is 0 Å². The van der Waals surface area contributed by atoms with Crippen LogP contribution in [0.3, 0.4) is 0 Å². The zero-order valence-electron chi connectivity index (χ0n) is 16.0. The lowest BCUT2D eigenvalue weighted by Crippen LogP contribution is -2.41.